The van der Waals surface area contributed by atoms with E-state index < -0.39 is 15.5 Å². The molecule has 4 rings (SSSR count). The second kappa shape index (κ2) is 8.88. The summed E-state index contributed by atoms with van der Waals surface area (Å²) in [6.45, 7) is 3.97. The van der Waals surface area contributed by atoms with Gasteiger partial charge in [-0.15, -0.1) is 0 Å². The third kappa shape index (κ3) is 4.54. The molecule has 164 valence electrons. The molecule has 0 atom stereocenters. The first-order valence-electron chi connectivity index (χ1n) is 10.2. The molecule has 0 bridgehead atoms. The Kier molecular flexibility index (Phi) is 5.82. The Morgan fingerprint density at radius 3 is 2.33 bits per heavy atom. The number of fused-ring (bicyclic) bond motifs is 1. The number of anilines is 1. The Morgan fingerprint density at radius 1 is 0.818 bits per heavy atom. The van der Waals surface area contributed by atoms with Crippen molar-refractivity contribution in [2.45, 2.75) is 13.8 Å². The maximum atomic E-state index is 11.5. The number of nitro benzene ring substituents is 2. The van der Waals surface area contributed by atoms with Gasteiger partial charge in [0.05, 0.1) is 21.6 Å². The van der Waals surface area contributed by atoms with Crippen LogP contribution in [-0.4, -0.2) is 15.6 Å². The first-order chi connectivity index (χ1) is 15.8. The van der Waals surface area contributed by atoms with Crippen LogP contribution in [0.25, 0.3) is 10.8 Å². The first kappa shape index (κ1) is 21.6. The molecule has 0 aliphatic carbocycles. The Hall–Kier alpha value is -4.59. The molecule has 0 amide bonds. The summed E-state index contributed by atoms with van der Waals surface area (Å²) >= 11 is 0. The Labute approximate surface area is 189 Å². The molecule has 0 unspecified atom stereocenters. The number of hydrogen-bond donors (Lipinski definition) is 1. The minimum Gasteiger partial charge on any atom is -0.271 e. The lowest BCUT2D eigenvalue weighted by atomic mass is 9.94. The summed E-state index contributed by atoms with van der Waals surface area (Å²) in [6, 6.07) is 23.3. The fraction of sp³-hybridized carbons (Fsp3) is 0.0800. The molecular formula is C25H20N4O4. The average molecular weight is 440 g/mol. The molecule has 0 aliphatic heterocycles. The van der Waals surface area contributed by atoms with Crippen LogP contribution in [0.3, 0.4) is 0 Å². The largest absolute Gasteiger partial charge is 0.301 e. The van der Waals surface area contributed by atoms with Gasteiger partial charge in [0, 0.05) is 17.2 Å². The smallest absolute Gasteiger partial charge is 0.271 e. The second-order valence-corrected chi connectivity index (χ2v) is 7.69. The zero-order chi connectivity index (χ0) is 23.5. The van der Waals surface area contributed by atoms with Crippen LogP contribution in [0.2, 0.25) is 0 Å². The second-order valence-electron chi connectivity index (χ2n) is 7.69. The van der Waals surface area contributed by atoms with Crippen molar-refractivity contribution < 1.29 is 9.85 Å². The van der Waals surface area contributed by atoms with Gasteiger partial charge in [0.1, 0.15) is 5.69 Å². The topological polar surface area (TPSA) is 111 Å². The summed E-state index contributed by atoms with van der Waals surface area (Å²) in [5, 5.41) is 29.2. The van der Waals surface area contributed by atoms with Gasteiger partial charge in [0.25, 0.3) is 5.69 Å². The maximum Gasteiger partial charge on any atom is 0.301 e. The van der Waals surface area contributed by atoms with E-state index in [0.717, 1.165) is 39.1 Å². The molecular weight excluding hydrogens is 420 g/mol. The SMILES string of the molecule is Cc1cccc(C(=NNc2ccc([N+](=O)[O-])cc2[N+](=O)[O-])c2cc(C)cc3ccccc23)c1. The molecule has 0 fully saturated rings. The van der Waals surface area contributed by atoms with Crippen molar-refractivity contribution in [3.8, 4) is 0 Å². The van der Waals surface area contributed by atoms with Gasteiger partial charge in [-0.05, 0) is 48.4 Å². The van der Waals surface area contributed by atoms with Gasteiger partial charge in [-0.2, -0.15) is 5.10 Å². The van der Waals surface area contributed by atoms with E-state index in [0.29, 0.717) is 5.71 Å². The molecule has 0 aliphatic rings. The minimum atomic E-state index is -0.670. The van der Waals surface area contributed by atoms with Crippen LogP contribution in [0.5, 0.6) is 0 Å². The summed E-state index contributed by atoms with van der Waals surface area (Å²) in [4.78, 5) is 21.2. The summed E-state index contributed by atoms with van der Waals surface area (Å²) in [7, 11) is 0. The van der Waals surface area contributed by atoms with Gasteiger partial charge < -0.3 is 0 Å². The molecule has 4 aromatic rings. The summed E-state index contributed by atoms with van der Waals surface area (Å²) in [5.41, 5.74) is 6.46. The van der Waals surface area contributed by atoms with Crippen LogP contribution in [0, 0.1) is 34.1 Å². The number of nitrogens with zero attached hydrogens (tertiary/aromatic N) is 3. The molecule has 0 saturated carbocycles. The number of nitrogens with one attached hydrogen (secondary N) is 1. The molecule has 0 aromatic heterocycles. The van der Waals surface area contributed by atoms with Crippen LogP contribution in [0.15, 0.2) is 84.0 Å². The van der Waals surface area contributed by atoms with Crippen molar-refractivity contribution in [2.75, 3.05) is 5.43 Å². The summed E-state index contributed by atoms with van der Waals surface area (Å²) < 4.78 is 0. The van der Waals surface area contributed by atoms with Crippen LogP contribution < -0.4 is 5.43 Å². The molecule has 0 saturated heterocycles. The van der Waals surface area contributed by atoms with Gasteiger partial charge >= 0.3 is 5.69 Å². The number of nitro groups is 2. The quantitative estimate of drug-likeness (QED) is 0.220. The highest BCUT2D eigenvalue weighted by molar-refractivity contribution is 6.19. The first-order valence-corrected chi connectivity index (χ1v) is 10.2. The van der Waals surface area contributed by atoms with E-state index in [9.17, 15) is 20.2 Å². The molecule has 0 spiro atoms. The van der Waals surface area contributed by atoms with E-state index in [1.807, 2.05) is 68.4 Å². The van der Waals surface area contributed by atoms with Gasteiger partial charge in [0.2, 0.25) is 0 Å². The molecule has 8 heteroatoms. The lowest BCUT2D eigenvalue weighted by molar-refractivity contribution is -0.393. The summed E-state index contributed by atoms with van der Waals surface area (Å²) in [5.74, 6) is 0. The number of benzene rings is 4. The van der Waals surface area contributed by atoms with E-state index in [1.54, 1.807) is 0 Å². The van der Waals surface area contributed by atoms with E-state index in [-0.39, 0.29) is 11.4 Å². The lowest BCUT2D eigenvalue weighted by Crippen LogP contribution is -2.09. The molecule has 1 N–H and O–H groups in total. The van der Waals surface area contributed by atoms with Gasteiger partial charge in [-0.3, -0.25) is 25.7 Å². The fourth-order valence-corrected chi connectivity index (χ4v) is 3.72. The predicted molar refractivity (Wildman–Crippen MR) is 129 cm³/mol. The van der Waals surface area contributed by atoms with Crippen LogP contribution in [0.1, 0.15) is 22.3 Å². The van der Waals surface area contributed by atoms with E-state index in [2.05, 4.69) is 16.6 Å². The van der Waals surface area contributed by atoms with Crippen molar-refractivity contribution in [1.82, 2.24) is 0 Å². The molecule has 4 aromatic carbocycles. The monoisotopic (exact) mass is 440 g/mol. The highest BCUT2D eigenvalue weighted by atomic mass is 16.6. The fourth-order valence-electron chi connectivity index (χ4n) is 3.72. The van der Waals surface area contributed by atoms with E-state index in [4.69, 9.17) is 0 Å². The normalized spacial score (nSPS) is 11.4. The van der Waals surface area contributed by atoms with E-state index >= 15 is 0 Å². The lowest BCUT2D eigenvalue weighted by Gasteiger charge is -2.13. The van der Waals surface area contributed by atoms with Crippen molar-refractivity contribution in [3.63, 3.8) is 0 Å². The van der Waals surface area contributed by atoms with Crippen LogP contribution in [0.4, 0.5) is 17.1 Å². The Bertz CT molecular complexity index is 1430. The highest BCUT2D eigenvalue weighted by Crippen LogP contribution is 2.30. The summed E-state index contributed by atoms with van der Waals surface area (Å²) in [6.07, 6.45) is 0. The Balaban J connectivity index is 1.90. The van der Waals surface area contributed by atoms with E-state index in [1.165, 1.54) is 12.1 Å². The van der Waals surface area contributed by atoms with Gasteiger partial charge in [-0.25, -0.2) is 0 Å². The number of non-ortho nitro benzene ring substituents is 1. The predicted octanol–water partition coefficient (Wildman–Crippen LogP) is 6.14. The van der Waals surface area contributed by atoms with Crippen molar-refractivity contribution in [1.29, 1.82) is 0 Å². The third-order valence-corrected chi connectivity index (χ3v) is 5.23. The van der Waals surface area contributed by atoms with Crippen LogP contribution in [-0.2, 0) is 0 Å². The zero-order valence-electron chi connectivity index (χ0n) is 18.0. The molecule has 0 heterocycles. The number of hydrazone groups is 1. The number of hydrogen-bond acceptors (Lipinski definition) is 6. The molecule has 0 radical (unpaired) electrons. The Morgan fingerprint density at radius 2 is 1.61 bits per heavy atom. The number of rotatable bonds is 6. The zero-order valence-corrected chi connectivity index (χ0v) is 18.0. The molecule has 8 nitrogen and oxygen atoms in total. The van der Waals surface area contributed by atoms with Gasteiger partial charge in [-0.1, -0.05) is 54.1 Å². The minimum absolute atomic E-state index is 0.0627. The van der Waals surface area contributed by atoms with Gasteiger partial charge in [0.15, 0.2) is 0 Å². The third-order valence-electron chi connectivity index (χ3n) is 5.23. The number of aryl methyl sites for hydroxylation is 2. The molecule has 33 heavy (non-hydrogen) atoms. The standard InChI is InChI=1S/C25H20N4O4/c1-16-6-5-8-19(12-16)25(22-14-17(2)13-18-7-3-4-9-21(18)22)27-26-23-11-10-20(28(30)31)15-24(23)29(32)33/h3-15,26H,1-2H3. The maximum absolute atomic E-state index is 11.5. The highest BCUT2D eigenvalue weighted by Gasteiger charge is 2.20. The van der Waals surface area contributed by atoms with Crippen molar-refractivity contribution in [2.24, 2.45) is 5.10 Å². The average Bonchev–Trinajstić information content (AvgIpc) is 2.79. The van der Waals surface area contributed by atoms with Crippen molar-refractivity contribution >= 4 is 33.5 Å². The van der Waals surface area contributed by atoms with Crippen LogP contribution >= 0.6 is 0 Å². The van der Waals surface area contributed by atoms with Crippen molar-refractivity contribution in [3.05, 3.63) is 121 Å².